The molecule has 0 atom stereocenters. The minimum atomic E-state index is -2.91. The number of sulfone groups is 1. The number of hydrogen-bond donors (Lipinski definition) is 1. The predicted molar refractivity (Wildman–Crippen MR) is 76.7 cm³/mol. The highest BCUT2D eigenvalue weighted by Gasteiger charge is 2.07. The van der Waals surface area contributed by atoms with Crippen molar-refractivity contribution in [2.45, 2.75) is 13.5 Å². The summed E-state index contributed by atoms with van der Waals surface area (Å²) in [6.07, 6.45) is 5.27. The Morgan fingerprint density at radius 1 is 1.37 bits per heavy atom. The molecule has 2 rings (SSSR count). The number of aromatic nitrogens is 3. The Labute approximate surface area is 120 Å². The number of halogens is 1. The van der Waals surface area contributed by atoms with Crippen molar-refractivity contribution in [3.63, 3.8) is 0 Å². The lowest BCUT2D eigenvalue weighted by atomic mass is 10.4. The molecule has 0 bridgehead atoms. The highest BCUT2D eigenvalue weighted by atomic mass is 79.9. The Morgan fingerprint density at radius 3 is 2.89 bits per heavy atom. The van der Waals surface area contributed by atoms with Gasteiger partial charge < -0.3 is 5.32 Å². The molecular weight excluding hydrogens is 332 g/mol. The molecule has 2 heterocycles. The number of nitrogens with zero attached hydrogens (tertiary/aromatic N) is 3. The van der Waals surface area contributed by atoms with Gasteiger partial charge in [-0.15, -0.1) is 0 Å². The SMILES string of the molecule is CCS(=O)(=O)CCNCc1cnc2cnc(Br)cn12. The van der Waals surface area contributed by atoms with Gasteiger partial charge in [0.1, 0.15) is 4.60 Å². The first-order valence-corrected chi connectivity index (χ1v) is 8.52. The fraction of sp³-hybridized carbons (Fsp3) is 0.455. The number of hydrogen-bond acceptors (Lipinski definition) is 5. The smallest absolute Gasteiger partial charge is 0.155 e. The van der Waals surface area contributed by atoms with Crippen molar-refractivity contribution in [2.75, 3.05) is 18.1 Å². The topological polar surface area (TPSA) is 76.4 Å². The fourth-order valence-electron chi connectivity index (χ4n) is 1.64. The van der Waals surface area contributed by atoms with Gasteiger partial charge in [-0.05, 0) is 15.9 Å². The van der Waals surface area contributed by atoms with Crippen LogP contribution in [0.15, 0.2) is 23.2 Å². The van der Waals surface area contributed by atoms with E-state index in [1.165, 1.54) is 0 Å². The Kier molecular flexibility index (Phi) is 4.54. The maximum atomic E-state index is 11.3. The van der Waals surface area contributed by atoms with Crippen molar-refractivity contribution in [2.24, 2.45) is 0 Å². The van der Waals surface area contributed by atoms with E-state index in [0.717, 1.165) is 15.9 Å². The first-order valence-electron chi connectivity index (χ1n) is 5.90. The molecule has 2 aromatic heterocycles. The van der Waals surface area contributed by atoms with Crippen LogP contribution in [-0.4, -0.2) is 40.8 Å². The predicted octanol–water partition coefficient (Wildman–Crippen LogP) is 1.02. The van der Waals surface area contributed by atoms with Gasteiger partial charge in [-0.25, -0.2) is 18.4 Å². The summed E-state index contributed by atoms with van der Waals surface area (Å²) in [5, 5.41) is 3.11. The van der Waals surface area contributed by atoms with Gasteiger partial charge >= 0.3 is 0 Å². The van der Waals surface area contributed by atoms with Crippen molar-refractivity contribution in [1.82, 2.24) is 19.7 Å². The van der Waals surface area contributed by atoms with Gasteiger partial charge in [0.15, 0.2) is 15.5 Å². The minimum absolute atomic E-state index is 0.158. The van der Waals surface area contributed by atoms with Crippen LogP contribution in [0.3, 0.4) is 0 Å². The molecule has 19 heavy (non-hydrogen) atoms. The zero-order valence-electron chi connectivity index (χ0n) is 10.5. The van der Waals surface area contributed by atoms with E-state index in [1.54, 1.807) is 19.3 Å². The molecule has 6 nitrogen and oxygen atoms in total. The average Bonchev–Trinajstić information content (AvgIpc) is 2.77. The maximum Gasteiger partial charge on any atom is 0.155 e. The summed E-state index contributed by atoms with van der Waals surface area (Å²) >= 11 is 3.31. The number of nitrogens with one attached hydrogen (secondary N) is 1. The summed E-state index contributed by atoms with van der Waals surface area (Å²) in [6, 6.07) is 0. The Balaban J connectivity index is 1.97. The molecule has 0 fully saturated rings. The van der Waals surface area contributed by atoms with E-state index >= 15 is 0 Å². The Hall–Kier alpha value is -0.990. The first kappa shape index (κ1) is 14.4. The van der Waals surface area contributed by atoms with Crippen LogP contribution in [0.2, 0.25) is 0 Å². The van der Waals surface area contributed by atoms with Crippen LogP contribution in [0.4, 0.5) is 0 Å². The zero-order valence-corrected chi connectivity index (χ0v) is 12.9. The summed E-state index contributed by atoms with van der Waals surface area (Å²) in [5.41, 5.74) is 1.73. The van der Waals surface area contributed by atoms with Crippen LogP contribution >= 0.6 is 15.9 Å². The molecule has 0 spiro atoms. The van der Waals surface area contributed by atoms with E-state index in [2.05, 4.69) is 31.2 Å². The standard InChI is InChI=1S/C11H15BrN4O2S/c1-2-19(17,18)4-3-13-5-9-6-15-11-7-14-10(12)8-16(9)11/h6-8,13H,2-5H2,1H3. The molecular formula is C11H15BrN4O2S. The molecule has 0 aliphatic carbocycles. The van der Waals surface area contributed by atoms with Gasteiger partial charge in [0.2, 0.25) is 0 Å². The summed E-state index contributed by atoms with van der Waals surface area (Å²) in [5.74, 6) is 0.342. The maximum absolute atomic E-state index is 11.3. The van der Waals surface area contributed by atoms with Crippen molar-refractivity contribution in [3.05, 3.63) is 28.9 Å². The second-order valence-corrected chi connectivity index (χ2v) is 7.39. The first-order chi connectivity index (χ1) is 9.02. The normalized spacial score (nSPS) is 12.1. The molecule has 0 amide bonds. The number of rotatable bonds is 6. The summed E-state index contributed by atoms with van der Waals surface area (Å²) in [4.78, 5) is 8.32. The Bertz CT molecular complexity index is 668. The molecule has 1 N–H and O–H groups in total. The van der Waals surface area contributed by atoms with E-state index < -0.39 is 9.84 Å². The summed E-state index contributed by atoms with van der Waals surface area (Å²) < 4.78 is 25.3. The molecule has 2 aromatic rings. The van der Waals surface area contributed by atoms with Crippen LogP contribution in [0.25, 0.3) is 5.65 Å². The van der Waals surface area contributed by atoms with E-state index in [4.69, 9.17) is 0 Å². The van der Waals surface area contributed by atoms with Gasteiger partial charge in [0, 0.05) is 25.0 Å². The van der Waals surface area contributed by atoms with Gasteiger partial charge in [0.25, 0.3) is 0 Å². The molecule has 0 saturated heterocycles. The highest BCUT2D eigenvalue weighted by molar-refractivity contribution is 9.10. The largest absolute Gasteiger partial charge is 0.310 e. The third kappa shape index (κ3) is 3.74. The quantitative estimate of drug-likeness (QED) is 0.790. The zero-order chi connectivity index (χ0) is 13.9. The molecule has 0 unspecified atom stereocenters. The lowest BCUT2D eigenvalue weighted by molar-refractivity contribution is 0.591. The van der Waals surface area contributed by atoms with E-state index in [-0.39, 0.29) is 11.5 Å². The average molecular weight is 347 g/mol. The van der Waals surface area contributed by atoms with Crippen LogP contribution in [-0.2, 0) is 16.4 Å². The van der Waals surface area contributed by atoms with E-state index in [1.807, 2.05) is 10.6 Å². The second kappa shape index (κ2) is 5.98. The van der Waals surface area contributed by atoms with Crippen LogP contribution in [0.1, 0.15) is 12.6 Å². The van der Waals surface area contributed by atoms with Gasteiger partial charge in [-0.2, -0.15) is 0 Å². The third-order valence-electron chi connectivity index (χ3n) is 2.78. The molecule has 0 saturated carbocycles. The molecule has 8 heteroatoms. The lowest BCUT2D eigenvalue weighted by Crippen LogP contribution is -2.24. The number of imidazole rings is 1. The van der Waals surface area contributed by atoms with Crippen LogP contribution in [0, 0.1) is 0 Å². The molecule has 0 aliphatic heterocycles. The Morgan fingerprint density at radius 2 is 2.16 bits per heavy atom. The second-order valence-electron chi connectivity index (χ2n) is 4.10. The summed E-state index contributed by atoms with van der Waals surface area (Å²) in [6.45, 7) is 2.66. The van der Waals surface area contributed by atoms with Gasteiger partial charge in [0.05, 0.1) is 23.8 Å². The fourth-order valence-corrected chi connectivity index (χ4v) is 2.69. The lowest BCUT2D eigenvalue weighted by Gasteiger charge is -2.05. The van der Waals surface area contributed by atoms with E-state index in [9.17, 15) is 8.42 Å². The van der Waals surface area contributed by atoms with Crippen molar-refractivity contribution in [3.8, 4) is 0 Å². The molecule has 104 valence electrons. The molecule has 0 aromatic carbocycles. The van der Waals surface area contributed by atoms with E-state index in [0.29, 0.717) is 13.1 Å². The highest BCUT2D eigenvalue weighted by Crippen LogP contribution is 2.10. The minimum Gasteiger partial charge on any atom is -0.310 e. The van der Waals surface area contributed by atoms with Crippen LogP contribution < -0.4 is 5.32 Å². The van der Waals surface area contributed by atoms with Crippen molar-refractivity contribution >= 4 is 31.4 Å². The van der Waals surface area contributed by atoms with Gasteiger partial charge in [-0.3, -0.25) is 4.40 Å². The summed E-state index contributed by atoms with van der Waals surface area (Å²) in [7, 11) is -2.91. The van der Waals surface area contributed by atoms with Crippen LogP contribution in [0.5, 0.6) is 0 Å². The third-order valence-corrected chi connectivity index (χ3v) is 4.89. The molecule has 0 radical (unpaired) electrons. The van der Waals surface area contributed by atoms with Crippen molar-refractivity contribution < 1.29 is 8.42 Å². The van der Waals surface area contributed by atoms with Crippen molar-refractivity contribution in [1.29, 1.82) is 0 Å². The number of fused-ring (bicyclic) bond motifs is 1. The van der Waals surface area contributed by atoms with Gasteiger partial charge in [-0.1, -0.05) is 6.92 Å². The molecule has 0 aliphatic rings. The monoisotopic (exact) mass is 346 g/mol.